The number of hydrogen-bond donors (Lipinski definition) is 3. The van der Waals surface area contributed by atoms with Crippen LogP contribution in [-0.2, 0) is 13.6 Å². The molecule has 3 amide bonds. The molecule has 0 rings (SSSR count). The zero-order valence-corrected chi connectivity index (χ0v) is 12.8. The summed E-state index contributed by atoms with van der Waals surface area (Å²) in [7, 11) is -2.57. The maximum absolute atomic E-state index is 11.4. The predicted molar refractivity (Wildman–Crippen MR) is 81.0 cm³/mol. The average molecular weight is 331 g/mol. The number of carbonyl (C=O) groups is 3. The summed E-state index contributed by atoms with van der Waals surface area (Å²) in [5.74, 6) is 0. The Hall–Kier alpha value is -2.54. The molecule has 3 N–H and O–H groups in total. The summed E-state index contributed by atoms with van der Waals surface area (Å²) in [4.78, 5) is 34.1. The molecule has 0 saturated carbocycles. The molecule has 0 aromatic rings. The first-order valence-electron chi connectivity index (χ1n) is 6.03. The van der Waals surface area contributed by atoms with Crippen LogP contribution in [0.15, 0.2) is 38.0 Å². The summed E-state index contributed by atoms with van der Waals surface area (Å²) in [5.41, 5.74) is 0. The number of hydrogen-bond acceptors (Lipinski definition) is 6. The summed E-state index contributed by atoms with van der Waals surface area (Å²) in [6.45, 7) is 10.6. The lowest BCUT2D eigenvalue weighted by Gasteiger charge is -2.15. The van der Waals surface area contributed by atoms with Gasteiger partial charge >= 0.3 is 26.9 Å². The zero-order chi connectivity index (χ0) is 16.8. The Bertz CT molecular complexity index is 367. The molecule has 0 fully saturated rings. The van der Waals surface area contributed by atoms with Gasteiger partial charge in [-0.2, -0.15) is 0 Å². The first-order valence-corrected chi connectivity index (χ1v) is 7.13. The van der Waals surface area contributed by atoms with Crippen molar-refractivity contribution in [3.05, 3.63) is 38.0 Å². The summed E-state index contributed by atoms with van der Waals surface area (Å²) < 4.78 is 14.1. The van der Waals surface area contributed by atoms with Crippen molar-refractivity contribution in [2.75, 3.05) is 19.6 Å². The van der Waals surface area contributed by atoms with Crippen LogP contribution in [0.5, 0.6) is 0 Å². The van der Waals surface area contributed by atoms with Crippen molar-refractivity contribution in [3.8, 4) is 0 Å². The minimum absolute atomic E-state index is 0.132. The van der Waals surface area contributed by atoms with E-state index in [0.717, 1.165) is 0 Å². The fourth-order valence-electron chi connectivity index (χ4n) is 0.822. The largest absolute Gasteiger partial charge is 0.540 e. The number of nitrogens with one attached hydrogen (secondary N) is 3. The van der Waals surface area contributed by atoms with Gasteiger partial charge in [0, 0.05) is 19.6 Å². The molecule has 22 heavy (non-hydrogen) atoms. The molecule has 0 aliphatic carbocycles. The number of rotatable bonds is 9. The number of amides is 3. The van der Waals surface area contributed by atoms with Crippen LogP contribution in [0.1, 0.15) is 0 Å². The molecule has 0 aliphatic heterocycles. The van der Waals surface area contributed by atoms with E-state index < -0.39 is 26.9 Å². The lowest BCUT2D eigenvalue weighted by atomic mass is 10.6. The molecule has 0 spiro atoms. The van der Waals surface area contributed by atoms with Gasteiger partial charge in [0.1, 0.15) is 0 Å². The average Bonchev–Trinajstić information content (AvgIpc) is 2.48. The molecular formula is C12H18N3O6P. The van der Waals surface area contributed by atoms with Crippen molar-refractivity contribution in [1.82, 2.24) is 16.0 Å². The molecular weight excluding hydrogens is 313 g/mol. The molecule has 0 aliphatic rings. The van der Waals surface area contributed by atoms with Crippen LogP contribution in [0.3, 0.4) is 0 Å². The van der Waals surface area contributed by atoms with E-state index in [4.69, 9.17) is 13.6 Å². The minimum Gasteiger partial charge on any atom is -0.358 e. The van der Waals surface area contributed by atoms with Gasteiger partial charge in [-0.05, 0) is 0 Å². The molecule has 0 unspecified atom stereocenters. The van der Waals surface area contributed by atoms with E-state index in [1.165, 1.54) is 18.2 Å². The molecule has 122 valence electrons. The van der Waals surface area contributed by atoms with Gasteiger partial charge in [0.15, 0.2) is 0 Å². The summed E-state index contributed by atoms with van der Waals surface area (Å²) in [6, 6.07) is 0. The Balaban J connectivity index is 4.52. The molecule has 0 aromatic heterocycles. The second-order valence-corrected chi connectivity index (χ2v) is 4.36. The quantitative estimate of drug-likeness (QED) is 0.439. The zero-order valence-electron chi connectivity index (χ0n) is 11.9. The normalized spacial score (nSPS) is 9.14. The Labute approximate surface area is 129 Å². The van der Waals surface area contributed by atoms with E-state index in [1.54, 1.807) is 0 Å². The highest BCUT2D eigenvalue weighted by Crippen LogP contribution is 2.39. The van der Waals surface area contributed by atoms with Crippen molar-refractivity contribution in [1.29, 1.82) is 0 Å². The van der Waals surface area contributed by atoms with E-state index >= 15 is 0 Å². The van der Waals surface area contributed by atoms with Gasteiger partial charge < -0.3 is 29.5 Å². The van der Waals surface area contributed by atoms with Gasteiger partial charge in [-0.1, -0.05) is 18.2 Å². The summed E-state index contributed by atoms with van der Waals surface area (Å²) >= 11 is 0. The van der Waals surface area contributed by atoms with E-state index in [-0.39, 0.29) is 19.6 Å². The van der Waals surface area contributed by atoms with Crippen molar-refractivity contribution in [3.63, 3.8) is 0 Å². The molecule has 0 radical (unpaired) electrons. The third kappa shape index (κ3) is 10.3. The van der Waals surface area contributed by atoms with Crippen LogP contribution in [-0.4, -0.2) is 37.9 Å². The Morgan fingerprint density at radius 3 is 1.23 bits per heavy atom. The standard InChI is InChI=1S/C12H18N3O6P/c1-4-7-13-10(16)19-22(20-11(17)14-8-5-2)21-12(18)15-9-6-3/h4-6H,1-3,7-9H2,(H,13,16)(H,14,17)(H,15,18). The molecule has 0 heterocycles. The van der Waals surface area contributed by atoms with Gasteiger partial charge in [0.2, 0.25) is 0 Å². The molecule has 9 nitrogen and oxygen atoms in total. The highest BCUT2D eigenvalue weighted by molar-refractivity contribution is 7.43. The molecule has 0 aromatic carbocycles. The van der Waals surface area contributed by atoms with Crippen molar-refractivity contribution < 1.29 is 28.0 Å². The van der Waals surface area contributed by atoms with Crippen LogP contribution in [0, 0.1) is 0 Å². The first kappa shape index (κ1) is 19.5. The minimum atomic E-state index is -2.57. The van der Waals surface area contributed by atoms with E-state index in [0.29, 0.717) is 0 Å². The van der Waals surface area contributed by atoms with Crippen molar-refractivity contribution in [2.45, 2.75) is 0 Å². The second kappa shape index (κ2) is 12.2. The number of carbonyl (C=O) groups excluding carboxylic acids is 3. The predicted octanol–water partition coefficient (Wildman–Crippen LogP) is 1.95. The highest BCUT2D eigenvalue weighted by Gasteiger charge is 2.27. The lowest BCUT2D eigenvalue weighted by molar-refractivity contribution is 0.160. The van der Waals surface area contributed by atoms with Crippen LogP contribution in [0.4, 0.5) is 14.4 Å². The van der Waals surface area contributed by atoms with Gasteiger partial charge in [-0.15, -0.1) is 19.7 Å². The SMILES string of the molecule is C=CCNC(=O)OP(OC(=O)NCC=C)OC(=O)NCC=C. The maximum atomic E-state index is 11.4. The smallest absolute Gasteiger partial charge is 0.358 e. The molecule has 0 saturated heterocycles. The van der Waals surface area contributed by atoms with Crippen LogP contribution < -0.4 is 16.0 Å². The van der Waals surface area contributed by atoms with Crippen LogP contribution in [0.25, 0.3) is 0 Å². The van der Waals surface area contributed by atoms with E-state index in [1.807, 2.05) is 0 Å². The van der Waals surface area contributed by atoms with E-state index in [9.17, 15) is 14.4 Å². The van der Waals surface area contributed by atoms with Crippen LogP contribution >= 0.6 is 8.60 Å². The van der Waals surface area contributed by atoms with Crippen molar-refractivity contribution in [2.24, 2.45) is 0 Å². The van der Waals surface area contributed by atoms with E-state index in [2.05, 4.69) is 35.7 Å². The summed E-state index contributed by atoms with van der Waals surface area (Å²) in [6.07, 6.45) is 1.45. The Morgan fingerprint density at radius 1 is 0.727 bits per heavy atom. The third-order valence-corrected chi connectivity index (χ3v) is 2.59. The van der Waals surface area contributed by atoms with Crippen LogP contribution in [0.2, 0.25) is 0 Å². The van der Waals surface area contributed by atoms with Crippen molar-refractivity contribution >= 4 is 26.9 Å². The molecule has 10 heteroatoms. The fraction of sp³-hybridized carbons (Fsp3) is 0.250. The summed E-state index contributed by atoms with van der Waals surface area (Å²) in [5, 5.41) is 6.83. The fourth-order valence-corrected chi connectivity index (χ4v) is 1.53. The van der Waals surface area contributed by atoms with Gasteiger partial charge in [0.25, 0.3) is 0 Å². The monoisotopic (exact) mass is 331 g/mol. The van der Waals surface area contributed by atoms with Gasteiger partial charge in [0.05, 0.1) is 0 Å². The first-order chi connectivity index (χ1) is 10.5. The molecule has 0 bridgehead atoms. The molecule has 0 atom stereocenters. The lowest BCUT2D eigenvalue weighted by Crippen LogP contribution is -2.28. The van der Waals surface area contributed by atoms with Gasteiger partial charge in [-0.3, -0.25) is 0 Å². The Morgan fingerprint density at radius 2 is 1.00 bits per heavy atom. The van der Waals surface area contributed by atoms with Gasteiger partial charge in [-0.25, -0.2) is 14.4 Å². The highest BCUT2D eigenvalue weighted by atomic mass is 31.2. The topological polar surface area (TPSA) is 115 Å². The third-order valence-electron chi connectivity index (χ3n) is 1.64. The maximum Gasteiger partial charge on any atom is 0.540 e. The second-order valence-electron chi connectivity index (χ2n) is 3.37. The Kier molecular flexibility index (Phi) is 10.8.